The first kappa shape index (κ1) is 14.0. The van der Waals surface area contributed by atoms with Crippen molar-refractivity contribution in [2.45, 2.75) is 26.4 Å². The number of carbonyl (C=O) groups is 1. The molecule has 1 N–H and O–H groups in total. The van der Waals surface area contributed by atoms with Crippen LogP contribution in [0.25, 0.3) is 0 Å². The van der Waals surface area contributed by atoms with E-state index in [1.165, 1.54) is 12.1 Å². The van der Waals surface area contributed by atoms with Crippen molar-refractivity contribution < 1.29 is 4.79 Å². The molecule has 0 aliphatic carbocycles. The van der Waals surface area contributed by atoms with Gasteiger partial charge >= 0.3 is 0 Å². The van der Waals surface area contributed by atoms with Crippen molar-refractivity contribution in [3.63, 3.8) is 0 Å². The van der Waals surface area contributed by atoms with Crippen molar-refractivity contribution >= 4 is 5.91 Å². The highest BCUT2D eigenvalue weighted by Gasteiger charge is 2.12. The minimum absolute atomic E-state index is 0.0702. The molecule has 0 aliphatic rings. The number of rotatable bonds is 4. The van der Waals surface area contributed by atoms with E-state index in [0.717, 1.165) is 11.3 Å². The van der Waals surface area contributed by atoms with Crippen LogP contribution < -0.4 is 10.7 Å². The molecule has 0 fully saturated rings. The van der Waals surface area contributed by atoms with Gasteiger partial charge in [-0.05, 0) is 25.5 Å². The molecule has 5 nitrogen and oxygen atoms in total. The summed E-state index contributed by atoms with van der Waals surface area (Å²) in [5.41, 5.74) is 1.84. The SMILES string of the molecule is Cc1cccnc1C(C)NC(=O)Cn1ccc(=O)cc1. The monoisotopic (exact) mass is 271 g/mol. The molecule has 0 aliphatic heterocycles. The lowest BCUT2D eigenvalue weighted by Gasteiger charge is -2.16. The van der Waals surface area contributed by atoms with Crippen LogP contribution in [0.4, 0.5) is 0 Å². The molecule has 0 bridgehead atoms. The number of hydrogen-bond acceptors (Lipinski definition) is 3. The van der Waals surface area contributed by atoms with Gasteiger partial charge in [-0.2, -0.15) is 0 Å². The molecule has 2 heterocycles. The number of aromatic nitrogens is 2. The van der Waals surface area contributed by atoms with Gasteiger partial charge in [0.05, 0.1) is 11.7 Å². The van der Waals surface area contributed by atoms with Crippen molar-refractivity contribution in [2.24, 2.45) is 0 Å². The molecule has 0 radical (unpaired) electrons. The third kappa shape index (κ3) is 3.54. The topological polar surface area (TPSA) is 64.0 Å². The summed E-state index contributed by atoms with van der Waals surface area (Å²) in [5, 5.41) is 2.90. The summed E-state index contributed by atoms with van der Waals surface area (Å²) in [6.45, 7) is 4.04. The average Bonchev–Trinajstić information content (AvgIpc) is 2.41. The summed E-state index contributed by atoms with van der Waals surface area (Å²) in [7, 11) is 0. The maximum absolute atomic E-state index is 12.0. The molecule has 2 aromatic rings. The first-order valence-corrected chi connectivity index (χ1v) is 6.43. The predicted molar refractivity (Wildman–Crippen MR) is 76.2 cm³/mol. The standard InChI is InChI=1S/C15H17N3O2/c1-11-4-3-7-16-15(11)12(2)17-14(20)10-18-8-5-13(19)6-9-18/h3-9,12H,10H2,1-2H3,(H,17,20). The highest BCUT2D eigenvalue weighted by Crippen LogP contribution is 2.13. The summed E-state index contributed by atoms with van der Waals surface area (Å²) in [6.07, 6.45) is 4.91. The Morgan fingerprint density at radius 2 is 2.05 bits per heavy atom. The molecular formula is C15H17N3O2. The van der Waals surface area contributed by atoms with Crippen molar-refractivity contribution in [1.82, 2.24) is 14.9 Å². The van der Waals surface area contributed by atoms with Crippen LogP contribution in [0.3, 0.4) is 0 Å². The Labute approximate surface area is 117 Å². The van der Waals surface area contributed by atoms with Crippen LogP contribution in [-0.2, 0) is 11.3 Å². The van der Waals surface area contributed by atoms with Crippen LogP contribution in [0.1, 0.15) is 24.2 Å². The second-order valence-corrected chi connectivity index (χ2v) is 4.70. The Morgan fingerprint density at radius 1 is 1.35 bits per heavy atom. The number of amides is 1. The maximum atomic E-state index is 12.0. The van der Waals surface area contributed by atoms with Gasteiger partial charge in [0.2, 0.25) is 5.91 Å². The van der Waals surface area contributed by atoms with E-state index in [9.17, 15) is 9.59 Å². The second kappa shape index (κ2) is 6.14. The largest absolute Gasteiger partial charge is 0.346 e. The molecule has 104 valence electrons. The van der Waals surface area contributed by atoms with E-state index >= 15 is 0 Å². The Kier molecular flexibility index (Phi) is 4.30. The van der Waals surface area contributed by atoms with Gasteiger partial charge in [-0.1, -0.05) is 6.07 Å². The van der Waals surface area contributed by atoms with Gasteiger partial charge in [-0.3, -0.25) is 14.6 Å². The van der Waals surface area contributed by atoms with Crippen molar-refractivity contribution in [2.75, 3.05) is 0 Å². The number of hydrogen-bond donors (Lipinski definition) is 1. The number of nitrogens with one attached hydrogen (secondary N) is 1. The third-order valence-corrected chi connectivity index (χ3v) is 3.02. The van der Waals surface area contributed by atoms with E-state index in [1.807, 2.05) is 26.0 Å². The smallest absolute Gasteiger partial charge is 0.240 e. The van der Waals surface area contributed by atoms with E-state index in [0.29, 0.717) is 0 Å². The fraction of sp³-hybridized carbons (Fsp3) is 0.267. The number of nitrogens with zero attached hydrogens (tertiary/aromatic N) is 2. The lowest BCUT2D eigenvalue weighted by Crippen LogP contribution is -2.31. The van der Waals surface area contributed by atoms with E-state index in [-0.39, 0.29) is 23.9 Å². The molecule has 1 atom stereocenters. The Hall–Kier alpha value is -2.43. The summed E-state index contributed by atoms with van der Waals surface area (Å²) >= 11 is 0. The van der Waals surface area contributed by atoms with E-state index in [4.69, 9.17) is 0 Å². The zero-order valence-corrected chi connectivity index (χ0v) is 11.5. The van der Waals surface area contributed by atoms with Gasteiger partial charge in [0.25, 0.3) is 0 Å². The zero-order valence-electron chi connectivity index (χ0n) is 11.5. The fourth-order valence-corrected chi connectivity index (χ4v) is 2.02. The van der Waals surface area contributed by atoms with Crippen molar-refractivity contribution in [1.29, 1.82) is 0 Å². The summed E-state index contributed by atoms with van der Waals surface area (Å²) in [5.74, 6) is -0.119. The molecule has 0 aromatic carbocycles. The molecule has 5 heteroatoms. The molecule has 0 saturated carbocycles. The van der Waals surface area contributed by atoms with Gasteiger partial charge in [0.1, 0.15) is 6.54 Å². The van der Waals surface area contributed by atoms with Crippen LogP contribution in [0, 0.1) is 6.92 Å². The average molecular weight is 271 g/mol. The van der Waals surface area contributed by atoms with Gasteiger partial charge < -0.3 is 9.88 Å². The summed E-state index contributed by atoms with van der Waals surface area (Å²) in [4.78, 5) is 27.2. The molecule has 20 heavy (non-hydrogen) atoms. The predicted octanol–water partition coefficient (Wildman–Crippen LogP) is 1.43. The minimum atomic E-state index is -0.150. The molecule has 2 aromatic heterocycles. The second-order valence-electron chi connectivity index (χ2n) is 4.70. The highest BCUT2D eigenvalue weighted by atomic mass is 16.2. The maximum Gasteiger partial charge on any atom is 0.240 e. The minimum Gasteiger partial charge on any atom is -0.346 e. The number of pyridine rings is 2. The van der Waals surface area contributed by atoms with Crippen LogP contribution >= 0.6 is 0 Å². The summed E-state index contributed by atoms with van der Waals surface area (Å²) in [6, 6.07) is 6.54. The van der Waals surface area contributed by atoms with Crippen LogP contribution in [0.2, 0.25) is 0 Å². The lowest BCUT2D eigenvalue weighted by molar-refractivity contribution is -0.122. The fourth-order valence-electron chi connectivity index (χ4n) is 2.02. The van der Waals surface area contributed by atoms with Gasteiger partial charge in [-0.15, -0.1) is 0 Å². The lowest BCUT2D eigenvalue weighted by atomic mass is 10.1. The van der Waals surface area contributed by atoms with Gasteiger partial charge in [-0.25, -0.2) is 0 Å². The quantitative estimate of drug-likeness (QED) is 0.915. The van der Waals surface area contributed by atoms with E-state index in [1.54, 1.807) is 23.2 Å². The molecule has 2 rings (SSSR count). The molecule has 1 unspecified atom stereocenters. The molecule has 0 saturated heterocycles. The number of carbonyl (C=O) groups excluding carboxylic acids is 1. The van der Waals surface area contributed by atoms with Crippen molar-refractivity contribution in [3.05, 3.63) is 64.3 Å². The molecule has 0 spiro atoms. The Morgan fingerprint density at radius 3 is 2.70 bits per heavy atom. The van der Waals surface area contributed by atoms with Crippen LogP contribution in [-0.4, -0.2) is 15.5 Å². The van der Waals surface area contributed by atoms with Gasteiger partial charge in [0, 0.05) is 30.7 Å². The highest BCUT2D eigenvalue weighted by molar-refractivity contribution is 5.76. The van der Waals surface area contributed by atoms with Crippen molar-refractivity contribution in [3.8, 4) is 0 Å². The van der Waals surface area contributed by atoms with Gasteiger partial charge in [0.15, 0.2) is 5.43 Å². The van der Waals surface area contributed by atoms with Crippen LogP contribution in [0.5, 0.6) is 0 Å². The third-order valence-electron chi connectivity index (χ3n) is 3.02. The Balaban J connectivity index is 1.99. The number of aryl methyl sites for hydroxylation is 1. The van der Waals surface area contributed by atoms with E-state index < -0.39 is 0 Å². The molecule has 1 amide bonds. The zero-order chi connectivity index (χ0) is 14.5. The Bertz CT molecular complexity index is 644. The van der Waals surface area contributed by atoms with Crippen LogP contribution in [0.15, 0.2) is 47.7 Å². The summed E-state index contributed by atoms with van der Waals surface area (Å²) < 4.78 is 1.66. The van der Waals surface area contributed by atoms with E-state index in [2.05, 4.69) is 10.3 Å². The first-order chi connectivity index (χ1) is 9.56. The normalized spacial score (nSPS) is 11.9. The first-order valence-electron chi connectivity index (χ1n) is 6.43. The molecular weight excluding hydrogens is 254 g/mol.